The summed E-state index contributed by atoms with van der Waals surface area (Å²) in [5.41, 5.74) is 5.51. The highest BCUT2D eigenvalue weighted by atomic mass is 16.7. The van der Waals surface area contributed by atoms with Crippen molar-refractivity contribution in [3.8, 4) is 0 Å². The zero-order valence-corrected chi connectivity index (χ0v) is 18.2. The summed E-state index contributed by atoms with van der Waals surface area (Å²) in [6.07, 6.45) is 4.03. The van der Waals surface area contributed by atoms with Crippen molar-refractivity contribution in [2.75, 3.05) is 27.9 Å². The lowest BCUT2D eigenvalue weighted by Gasteiger charge is -2.36. The van der Waals surface area contributed by atoms with Crippen molar-refractivity contribution >= 4 is 11.7 Å². The summed E-state index contributed by atoms with van der Waals surface area (Å²) in [5, 5.41) is 4.70. The van der Waals surface area contributed by atoms with Crippen molar-refractivity contribution in [2.45, 2.75) is 51.0 Å². The second-order valence-corrected chi connectivity index (χ2v) is 8.21. The van der Waals surface area contributed by atoms with Crippen LogP contribution in [0.5, 0.6) is 0 Å². The Balaban J connectivity index is 1.51. The summed E-state index contributed by atoms with van der Waals surface area (Å²) in [6, 6.07) is 10.5. The highest BCUT2D eigenvalue weighted by Crippen LogP contribution is 2.32. The van der Waals surface area contributed by atoms with E-state index in [9.17, 15) is 4.79 Å². The Morgan fingerprint density at radius 2 is 1.87 bits per heavy atom. The van der Waals surface area contributed by atoms with E-state index in [1.807, 2.05) is 18.2 Å². The van der Waals surface area contributed by atoms with Gasteiger partial charge in [0.25, 0.3) is 0 Å². The number of benzene rings is 1. The molecule has 0 amide bonds. The van der Waals surface area contributed by atoms with Crippen molar-refractivity contribution in [1.82, 2.24) is 5.43 Å². The number of hydrazone groups is 1. The lowest BCUT2D eigenvalue weighted by atomic mass is 9.79. The van der Waals surface area contributed by atoms with Gasteiger partial charge in [0.1, 0.15) is 0 Å². The van der Waals surface area contributed by atoms with Gasteiger partial charge in [-0.05, 0) is 43.6 Å². The Kier molecular flexibility index (Phi) is 8.66. The van der Waals surface area contributed by atoms with Crippen LogP contribution in [0.4, 0.5) is 0 Å². The molecule has 0 heterocycles. The maximum Gasteiger partial charge on any atom is 0.308 e. The zero-order valence-electron chi connectivity index (χ0n) is 18.2. The highest BCUT2D eigenvalue weighted by Gasteiger charge is 2.37. The topological polar surface area (TPSA) is 78.4 Å². The lowest BCUT2D eigenvalue weighted by Crippen LogP contribution is -2.44. The van der Waals surface area contributed by atoms with Crippen LogP contribution < -0.4 is 5.43 Å². The number of ether oxygens (including phenoxy) is 4. The Morgan fingerprint density at radius 1 is 1.13 bits per heavy atom. The first-order valence-corrected chi connectivity index (χ1v) is 10.7. The molecule has 2 saturated carbocycles. The van der Waals surface area contributed by atoms with Crippen LogP contribution in [-0.4, -0.2) is 51.9 Å². The van der Waals surface area contributed by atoms with E-state index >= 15 is 0 Å². The lowest BCUT2D eigenvalue weighted by molar-refractivity contribution is -0.149. The molecule has 1 N–H and O–H groups in total. The summed E-state index contributed by atoms with van der Waals surface area (Å²) in [6.45, 7) is 1.35. The normalized spacial score (nSPS) is 27.7. The Morgan fingerprint density at radius 3 is 2.53 bits per heavy atom. The Bertz CT molecular complexity index is 686. The SMILES string of the molecule is COC(=O)[C@H]1C[C@@H](NN=C2CCC(COCc3ccccc3)CC2C(OC)OC)C1. The molecule has 2 aliphatic carbocycles. The summed E-state index contributed by atoms with van der Waals surface area (Å²) in [4.78, 5) is 11.5. The van der Waals surface area contributed by atoms with Gasteiger partial charge in [0, 0.05) is 32.6 Å². The number of nitrogens with one attached hydrogen (secondary N) is 1. The molecule has 1 aromatic carbocycles. The molecule has 0 saturated heterocycles. The van der Waals surface area contributed by atoms with Crippen molar-refractivity contribution in [1.29, 1.82) is 0 Å². The summed E-state index contributed by atoms with van der Waals surface area (Å²) in [7, 11) is 4.77. The van der Waals surface area contributed by atoms with E-state index in [0.717, 1.165) is 44.4 Å². The largest absolute Gasteiger partial charge is 0.469 e. The molecule has 3 rings (SSSR count). The minimum absolute atomic E-state index is 0.00769. The molecule has 166 valence electrons. The maximum absolute atomic E-state index is 11.5. The second kappa shape index (κ2) is 11.4. The predicted octanol–water partition coefficient (Wildman–Crippen LogP) is 3.14. The number of methoxy groups -OCH3 is 3. The summed E-state index contributed by atoms with van der Waals surface area (Å²) >= 11 is 0. The number of nitrogens with zero attached hydrogens (tertiary/aromatic N) is 1. The minimum Gasteiger partial charge on any atom is -0.469 e. The molecule has 0 aromatic heterocycles. The molecule has 0 bridgehead atoms. The van der Waals surface area contributed by atoms with Crippen LogP contribution in [0.2, 0.25) is 0 Å². The van der Waals surface area contributed by atoms with E-state index in [1.165, 1.54) is 12.7 Å². The molecule has 7 nitrogen and oxygen atoms in total. The van der Waals surface area contributed by atoms with Crippen LogP contribution in [0.1, 0.15) is 37.7 Å². The Labute approximate surface area is 179 Å². The molecular formula is C23H34N2O5. The number of carbonyl (C=O) groups is 1. The van der Waals surface area contributed by atoms with Gasteiger partial charge in [-0.25, -0.2) is 0 Å². The molecule has 2 atom stereocenters. The van der Waals surface area contributed by atoms with Crippen molar-refractivity contribution in [3.63, 3.8) is 0 Å². The van der Waals surface area contributed by atoms with Crippen molar-refractivity contribution in [2.24, 2.45) is 22.9 Å². The third kappa shape index (κ3) is 6.03. The van der Waals surface area contributed by atoms with Gasteiger partial charge < -0.3 is 24.4 Å². The van der Waals surface area contributed by atoms with Gasteiger partial charge in [0.2, 0.25) is 0 Å². The molecule has 0 radical (unpaired) electrons. The van der Waals surface area contributed by atoms with E-state index in [2.05, 4.69) is 17.6 Å². The van der Waals surface area contributed by atoms with Gasteiger partial charge in [-0.3, -0.25) is 4.79 Å². The predicted molar refractivity (Wildman–Crippen MR) is 114 cm³/mol. The monoisotopic (exact) mass is 418 g/mol. The fraction of sp³-hybridized carbons (Fsp3) is 0.652. The van der Waals surface area contributed by atoms with Gasteiger partial charge in [0.05, 0.1) is 25.6 Å². The van der Waals surface area contributed by atoms with Gasteiger partial charge in [-0.15, -0.1) is 0 Å². The molecule has 30 heavy (non-hydrogen) atoms. The second-order valence-electron chi connectivity index (χ2n) is 8.21. The minimum atomic E-state index is -0.327. The van der Waals surface area contributed by atoms with Crippen LogP contribution in [0.25, 0.3) is 0 Å². The van der Waals surface area contributed by atoms with Crippen molar-refractivity contribution < 1.29 is 23.7 Å². The molecule has 0 aliphatic heterocycles. The highest BCUT2D eigenvalue weighted by molar-refractivity contribution is 5.87. The van der Waals surface area contributed by atoms with E-state index in [0.29, 0.717) is 12.5 Å². The summed E-state index contributed by atoms with van der Waals surface area (Å²) < 4.78 is 21.9. The average Bonchev–Trinajstić information content (AvgIpc) is 2.75. The van der Waals surface area contributed by atoms with Crippen LogP contribution in [-0.2, 0) is 30.3 Å². The van der Waals surface area contributed by atoms with E-state index < -0.39 is 0 Å². The van der Waals surface area contributed by atoms with E-state index in [-0.39, 0.29) is 30.1 Å². The number of hydrogen-bond donors (Lipinski definition) is 1. The number of rotatable bonds is 10. The van der Waals surface area contributed by atoms with E-state index in [4.69, 9.17) is 24.0 Å². The molecule has 0 spiro atoms. The fourth-order valence-electron chi connectivity index (χ4n) is 4.31. The third-order valence-corrected chi connectivity index (χ3v) is 6.15. The standard InChI is InChI=1S/C23H34N2O5/c1-27-22(26)18-12-19(13-18)24-25-21-10-9-17(11-20(21)23(28-2)29-3)15-30-14-16-7-5-4-6-8-16/h4-8,17-20,23-24H,9-15H2,1-3H3/t17?,18-,19+,20?. The zero-order chi connectivity index (χ0) is 21.3. The van der Waals surface area contributed by atoms with Crippen LogP contribution >= 0.6 is 0 Å². The molecule has 2 aliphatic rings. The van der Waals surface area contributed by atoms with Crippen LogP contribution in [0.3, 0.4) is 0 Å². The van der Waals surface area contributed by atoms with Gasteiger partial charge in [-0.1, -0.05) is 30.3 Å². The van der Waals surface area contributed by atoms with Crippen LogP contribution in [0.15, 0.2) is 35.4 Å². The molecule has 1 aromatic rings. The molecule has 7 heteroatoms. The average molecular weight is 419 g/mol. The first-order chi connectivity index (χ1) is 14.6. The quantitative estimate of drug-likeness (QED) is 0.357. The summed E-state index contributed by atoms with van der Waals surface area (Å²) in [5.74, 6) is 0.390. The third-order valence-electron chi connectivity index (χ3n) is 6.15. The maximum atomic E-state index is 11.5. The number of esters is 1. The van der Waals surface area contributed by atoms with E-state index in [1.54, 1.807) is 14.2 Å². The van der Waals surface area contributed by atoms with Crippen LogP contribution in [0, 0.1) is 17.8 Å². The first kappa shape index (κ1) is 22.7. The van der Waals surface area contributed by atoms with Gasteiger partial charge in [-0.2, -0.15) is 5.10 Å². The van der Waals surface area contributed by atoms with Gasteiger partial charge in [0.15, 0.2) is 6.29 Å². The molecule has 2 fully saturated rings. The molecular weight excluding hydrogens is 384 g/mol. The fourth-order valence-corrected chi connectivity index (χ4v) is 4.31. The van der Waals surface area contributed by atoms with Crippen molar-refractivity contribution in [3.05, 3.63) is 35.9 Å². The molecule has 2 unspecified atom stereocenters. The Hall–Kier alpha value is -1.96. The number of hydrogen-bond acceptors (Lipinski definition) is 7. The van der Waals surface area contributed by atoms with Gasteiger partial charge >= 0.3 is 5.97 Å². The smallest absolute Gasteiger partial charge is 0.308 e. The first-order valence-electron chi connectivity index (χ1n) is 10.7. The number of carbonyl (C=O) groups excluding carboxylic acids is 1.